The summed E-state index contributed by atoms with van der Waals surface area (Å²) in [5, 5.41) is 3.29. The molecule has 1 saturated heterocycles. The molecule has 2 aromatic rings. The Morgan fingerprint density at radius 3 is 2.85 bits per heavy atom. The molecule has 1 atom stereocenters. The van der Waals surface area contributed by atoms with Crippen LogP contribution >= 0.6 is 0 Å². The van der Waals surface area contributed by atoms with Crippen molar-refractivity contribution in [3.63, 3.8) is 0 Å². The van der Waals surface area contributed by atoms with Crippen LogP contribution in [0.1, 0.15) is 12.8 Å². The number of hydrogen-bond donors (Lipinski definition) is 2. The molecule has 5 heteroatoms. The number of nitrogens with zero attached hydrogens (tertiary/aromatic N) is 3. The number of hydrogen-bond acceptors (Lipinski definition) is 5. The predicted molar refractivity (Wildman–Crippen MR) is 81.2 cm³/mol. The lowest BCUT2D eigenvalue weighted by Gasteiger charge is -2.31. The first-order valence-electron chi connectivity index (χ1n) is 6.96. The number of benzene rings is 1. The van der Waals surface area contributed by atoms with E-state index < -0.39 is 0 Å². The largest absolute Gasteiger partial charge is 0.355 e. The van der Waals surface area contributed by atoms with Crippen molar-refractivity contribution < 1.29 is 0 Å². The monoisotopic (exact) mass is 269 g/mol. The Morgan fingerprint density at radius 1 is 1.20 bits per heavy atom. The molecule has 2 heterocycles. The van der Waals surface area contributed by atoms with E-state index >= 15 is 0 Å². The van der Waals surface area contributed by atoms with Gasteiger partial charge in [0.1, 0.15) is 18.0 Å². The Morgan fingerprint density at radius 2 is 2.05 bits per heavy atom. The second kappa shape index (κ2) is 5.88. The fourth-order valence-corrected chi connectivity index (χ4v) is 2.48. The number of piperidine rings is 1. The summed E-state index contributed by atoms with van der Waals surface area (Å²) < 4.78 is 0. The first-order valence-corrected chi connectivity index (χ1v) is 6.96. The lowest BCUT2D eigenvalue weighted by atomic mass is 10.1. The second-order valence-corrected chi connectivity index (χ2v) is 5.10. The van der Waals surface area contributed by atoms with Gasteiger partial charge in [-0.1, -0.05) is 18.2 Å². The molecule has 0 amide bonds. The number of rotatable bonds is 3. The van der Waals surface area contributed by atoms with Crippen LogP contribution in [0.15, 0.2) is 42.7 Å². The third kappa shape index (κ3) is 3.05. The normalized spacial score (nSPS) is 18.9. The van der Waals surface area contributed by atoms with Crippen LogP contribution in [0.5, 0.6) is 0 Å². The summed E-state index contributed by atoms with van der Waals surface area (Å²) in [6, 6.07) is 12.2. The summed E-state index contributed by atoms with van der Waals surface area (Å²) >= 11 is 0. The van der Waals surface area contributed by atoms with Gasteiger partial charge in [0.05, 0.1) is 0 Å². The van der Waals surface area contributed by atoms with Crippen molar-refractivity contribution in [2.75, 3.05) is 23.3 Å². The zero-order valence-electron chi connectivity index (χ0n) is 11.4. The molecule has 1 aromatic carbocycles. The van der Waals surface area contributed by atoms with Crippen molar-refractivity contribution in [2.45, 2.75) is 18.9 Å². The van der Waals surface area contributed by atoms with Gasteiger partial charge >= 0.3 is 0 Å². The van der Waals surface area contributed by atoms with Gasteiger partial charge in [-0.05, 0) is 25.0 Å². The van der Waals surface area contributed by atoms with Crippen LogP contribution in [0.25, 0.3) is 0 Å². The van der Waals surface area contributed by atoms with Crippen molar-refractivity contribution >= 4 is 17.3 Å². The molecule has 1 aliphatic rings. The number of para-hydroxylation sites is 1. The van der Waals surface area contributed by atoms with Crippen LogP contribution in [0.4, 0.5) is 17.3 Å². The van der Waals surface area contributed by atoms with Gasteiger partial charge in [-0.2, -0.15) is 0 Å². The van der Waals surface area contributed by atoms with Gasteiger partial charge in [-0.3, -0.25) is 0 Å². The van der Waals surface area contributed by atoms with Gasteiger partial charge in [0.15, 0.2) is 0 Å². The minimum Gasteiger partial charge on any atom is -0.355 e. The molecule has 0 radical (unpaired) electrons. The standard InChI is InChI=1S/C15H19N5/c16-12-5-4-8-20(10-12)15-9-14(17-11-18-15)19-13-6-2-1-3-7-13/h1-3,6-7,9,11-12H,4-5,8,10,16H2,(H,17,18,19). The molecule has 1 aliphatic heterocycles. The summed E-state index contributed by atoms with van der Waals surface area (Å²) in [4.78, 5) is 10.9. The zero-order chi connectivity index (χ0) is 13.8. The van der Waals surface area contributed by atoms with Crippen LogP contribution in [0, 0.1) is 0 Å². The van der Waals surface area contributed by atoms with Crippen LogP contribution in [0.2, 0.25) is 0 Å². The number of nitrogens with two attached hydrogens (primary N) is 1. The van der Waals surface area contributed by atoms with Gasteiger partial charge in [0.2, 0.25) is 0 Å². The summed E-state index contributed by atoms with van der Waals surface area (Å²) in [6.45, 7) is 1.87. The molecule has 20 heavy (non-hydrogen) atoms. The maximum atomic E-state index is 6.02. The Labute approximate surface area is 118 Å². The second-order valence-electron chi connectivity index (χ2n) is 5.10. The van der Waals surface area contributed by atoms with E-state index in [1.54, 1.807) is 6.33 Å². The maximum absolute atomic E-state index is 6.02. The molecule has 104 valence electrons. The van der Waals surface area contributed by atoms with Gasteiger partial charge in [-0.15, -0.1) is 0 Å². The highest BCUT2D eigenvalue weighted by Gasteiger charge is 2.18. The van der Waals surface area contributed by atoms with Crippen LogP contribution in [0.3, 0.4) is 0 Å². The first kappa shape index (κ1) is 12.9. The van der Waals surface area contributed by atoms with E-state index in [0.717, 1.165) is 43.3 Å². The Balaban J connectivity index is 1.75. The molecule has 0 bridgehead atoms. The van der Waals surface area contributed by atoms with Crippen molar-refractivity contribution in [3.05, 3.63) is 42.7 Å². The van der Waals surface area contributed by atoms with Gasteiger partial charge in [0.25, 0.3) is 0 Å². The Kier molecular flexibility index (Phi) is 3.78. The van der Waals surface area contributed by atoms with E-state index in [1.807, 2.05) is 36.4 Å². The van der Waals surface area contributed by atoms with E-state index in [0.29, 0.717) is 0 Å². The quantitative estimate of drug-likeness (QED) is 0.893. The molecule has 0 saturated carbocycles. The lowest BCUT2D eigenvalue weighted by molar-refractivity contribution is 0.503. The SMILES string of the molecule is NC1CCCN(c2cc(Nc3ccccc3)ncn2)C1. The van der Waals surface area contributed by atoms with Crippen molar-refractivity contribution in [3.8, 4) is 0 Å². The minimum absolute atomic E-state index is 0.240. The van der Waals surface area contributed by atoms with E-state index in [4.69, 9.17) is 5.73 Å². The molecule has 1 aromatic heterocycles. The van der Waals surface area contributed by atoms with E-state index in [2.05, 4.69) is 20.2 Å². The Hall–Kier alpha value is -2.14. The molecule has 0 aliphatic carbocycles. The molecule has 3 N–H and O–H groups in total. The molecular weight excluding hydrogens is 250 g/mol. The number of anilines is 3. The smallest absolute Gasteiger partial charge is 0.135 e. The van der Waals surface area contributed by atoms with E-state index in [-0.39, 0.29) is 6.04 Å². The Bertz CT molecular complexity index is 557. The molecule has 5 nitrogen and oxygen atoms in total. The number of nitrogens with one attached hydrogen (secondary N) is 1. The molecule has 0 spiro atoms. The molecule has 1 fully saturated rings. The maximum Gasteiger partial charge on any atom is 0.135 e. The molecule has 1 unspecified atom stereocenters. The first-order chi connectivity index (χ1) is 9.81. The lowest BCUT2D eigenvalue weighted by Crippen LogP contribution is -2.43. The average molecular weight is 269 g/mol. The van der Waals surface area contributed by atoms with E-state index in [9.17, 15) is 0 Å². The third-order valence-electron chi connectivity index (χ3n) is 3.48. The highest BCUT2D eigenvalue weighted by Crippen LogP contribution is 2.20. The highest BCUT2D eigenvalue weighted by molar-refractivity contribution is 5.59. The summed E-state index contributed by atoms with van der Waals surface area (Å²) in [6.07, 6.45) is 3.81. The third-order valence-corrected chi connectivity index (χ3v) is 3.48. The van der Waals surface area contributed by atoms with Crippen molar-refractivity contribution in [1.82, 2.24) is 9.97 Å². The molecular formula is C15H19N5. The molecule has 3 rings (SSSR count). The summed E-state index contributed by atoms with van der Waals surface area (Å²) in [7, 11) is 0. The van der Waals surface area contributed by atoms with Gasteiger partial charge in [-0.25, -0.2) is 9.97 Å². The minimum atomic E-state index is 0.240. The predicted octanol–water partition coefficient (Wildman–Crippen LogP) is 2.15. The fourth-order valence-electron chi connectivity index (χ4n) is 2.48. The summed E-state index contributed by atoms with van der Waals surface area (Å²) in [5.41, 5.74) is 7.04. The summed E-state index contributed by atoms with van der Waals surface area (Å²) in [5.74, 6) is 1.74. The van der Waals surface area contributed by atoms with Gasteiger partial charge < -0.3 is 16.0 Å². The van der Waals surface area contributed by atoms with Crippen LogP contribution < -0.4 is 16.0 Å². The van der Waals surface area contributed by atoms with Crippen molar-refractivity contribution in [1.29, 1.82) is 0 Å². The average Bonchev–Trinajstić information content (AvgIpc) is 2.49. The number of aromatic nitrogens is 2. The zero-order valence-corrected chi connectivity index (χ0v) is 11.4. The topological polar surface area (TPSA) is 67.1 Å². The van der Waals surface area contributed by atoms with E-state index in [1.165, 1.54) is 0 Å². The van der Waals surface area contributed by atoms with Gasteiger partial charge in [0, 0.05) is 30.9 Å². The highest BCUT2D eigenvalue weighted by atomic mass is 15.2. The fraction of sp³-hybridized carbons (Fsp3) is 0.333. The van der Waals surface area contributed by atoms with Crippen LogP contribution in [-0.2, 0) is 0 Å². The van der Waals surface area contributed by atoms with Crippen molar-refractivity contribution in [2.24, 2.45) is 5.73 Å². The van der Waals surface area contributed by atoms with Crippen LogP contribution in [-0.4, -0.2) is 29.1 Å².